The quantitative estimate of drug-likeness (QED) is 0.414. The van der Waals surface area contributed by atoms with Crippen molar-refractivity contribution < 1.29 is 14.5 Å². The number of benzene rings is 2. The van der Waals surface area contributed by atoms with Gasteiger partial charge in [0.1, 0.15) is 5.70 Å². The maximum absolute atomic E-state index is 13.0. The second kappa shape index (κ2) is 9.47. The van der Waals surface area contributed by atoms with Gasteiger partial charge in [-0.3, -0.25) is 19.7 Å². The van der Waals surface area contributed by atoms with Gasteiger partial charge in [-0.2, -0.15) is 0 Å². The number of hydrogen-bond acceptors (Lipinski definition) is 4. The number of piperidine rings is 1. The lowest BCUT2D eigenvalue weighted by Gasteiger charge is -2.27. The summed E-state index contributed by atoms with van der Waals surface area (Å²) in [6.45, 7) is 1.31. The maximum atomic E-state index is 13.0. The first-order valence-electron chi connectivity index (χ1n) is 9.26. The van der Waals surface area contributed by atoms with E-state index in [0.29, 0.717) is 13.1 Å². The summed E-state index contributed by atoms with van der Waals surface area (Å²) < 4.78 is 0.911. The minimum absolute atomic E-state index is 0.100. The number of amides is 2. The highest BCUT2D eigenvalue weighted by Crippen LogP contribution is 2.17. The molecule has 1 heterocycles. The third-order valence-corrected chi connectivity index (χ3v) is 5.17. The van der Waals surface area contributed by atoms with Crippen molar-refractivity contribution in [1.82, 2.24) is 10.2 Å². The molecule has 1 aliphatic heterocycles. The van der Waals surface area contributed by atoms with E-state index in [2.05, 4.69) is 21.2 Å². The summed E-state index contributed by atoms with van der Waals surface area (Å²) >= 11 is 3.38. The molecule has 0 radical (unpaired) electrons. The van der Waals surface area contributed by atoms with Crippen molar-refractivity contribution in [3.8, 4) is 0 Å². The SMILES string of the molecule is O=C(N/C(=C\c1ccc(Br)cc1)C(=O)N1CCCCC1)c1ccc([N+](=O)[O-])cc1. The molecular weight excluding hydrogens is 438 g/mol. The minimum Gasteiger partial charge on any atom is -0.337 e. The van der Waals surface area contributed by atoms with Gasteiger partial charge in [0.25, 0.3) is 17.5 Å². The van der Waals surface area contributed by atoms with E-state index in [1.807, 2.05) is 24.3 Å². The Hall–Kier alpha value is -3.00. The van der Waals surface area contributed by atoms with Crippen molar-refractivity contribution in [1.29, 1.82) is 0 Å². The Labute approximate surface area is 176 Å². The molecule has 3 rings (SSSR count). The molecule has 0 saturated carbocycles. The van der Waals surface area contributed by atoms with Crippen LogP contribution in [0.15, 0.2) is 58.7 Å². The molecular formula is C21H20BrN3O4. The Balaban J connectivity index is 1.85. The molecule has 2 aromatic rings. The zero-order valence-electron chi connectivity index (χ0n) is 15.6. The Morgan fingerprint density at radius 3 is 2.21 bits per heavy atom. The highest BCUT2D eigenvalue weighted by atomic mass is 79.9. The first kappa shape index (κ1) is 20.7. The lowest BCUT2D eigenvalue weighted by Crippen LogP contribution is -2.41. The van der Waals surface area contributed by atoms with Gasteiger partial charge in [0.15, 0.2) is 0 Å². The van der Waals surface area contributed by atoms with Crippen LogP contribution in [0.4, 0.5) is 5.69 Å². The zero-order valence-corrected chi connectivity index (χ0v) is 17.2. The summed E-state index contributed by atoms with van der Waals surface area (Å²) in [5.74, 6) is -0.725. The van der Waals surface area contributed by atoms with E-state index in [4.69, 9.17) is 0 Å². The summed E-state index contributed by atoms with van der Waals surface area (Å²) in [6.07, 6.45) is 4.61. The van der Waals surface area contributed by atoms with Gasteiger partial charge in [-0.15, -0.1) is 0 Å². The highest BCUT2D eigenvalue weighted by molar-refractivity contribution is 9.10. The van der Waals surface area contributed by atoms with Gasteiger partial charge in [0, 0.05) is 35.3 Å². The van der Waals surface area contributed by atoms with Crippen molar-refractivity contribution in [3.05, 3.63) is 79.9 Å². The number of halogens is 1. The summed E-state index contributed by atoms with van der Waals surface area (Å²) in [6, 6.07) is 12.7. The summed E-state index contributed by atoms with van der Waals surface area (Å²) in [5.41, 5.74) is 1.09. The molecule has 0 bridgehead atoms. The molecule has 0 unspecified atom stereocenters. The smallest absolute Gasteiger partial charge is 0.270 e. The Morgan fingerprint density at radius 2 is 1.62 bits per heavy atom. The van der Waals surface area contributed by atoms with Crippen molar-refractivity contribution in [2.24, 2.45) is 0 Å². The Morgan fingerprint density at radius 1 is 1.00 bits per heavy atom. The molecule has 2 aromatic carbocycles. The molecule has 0 atom stereocenters. The fourth-order valence-electron chi connectivity index (χ4n) is 3.07. The number of carbonyl (C=O) groups excluding carboxylic acids is 2. The molecule has 2 amide bonds. The van der Waals surface area contributed by atoms with Crippen LogP contribution >= 0.6 is 15.9 Å². The normalized spacial score (nSPS) is 14.4. The maximum Gasteiger partial charge on any atom is 0.270 e. The van der Waals surface area contributed by atoms with E-state index in [1.54, 1.807) is 11.0 Å². The first-order valence-corrected chi connectivity index (χ1v) is 10.1. The molecule has 0 aromatic heterocycles. The lowest BCUT2D eigenvalue weighted by molar-refractivity contribution is -0.384. The topological polar surface area (TPSA) is 92.6 Å². The fourth-order valence-corrected chi connectivity index (χ4v) is 3.34. The molecule has 7 nitrogen and oxygen atoms in total. The van der Waals surface area contributed by atoms with Crippen LogP contribution < -0.4 is 5.32 Å². The first-order chi connectivity index (χ1) is 13.9. The van der Waals surface area contributed by atoms with Gasteiger partial charge < -0.3 is 10.2 Å². The van der Waals surface area contributed by atoms with Gasteiger partial charge in [-0.1, -0.05) is 28.1 Å². The van der Waals surface area contributed by atoms with Crippen LogP contribution in [0, 0.1) is 10.1 Å². The number of nitrogens with zero attached hydrogens (tertiary/aromatic N) is 2. The summed E-state index contributed by atoms with van der Waals surface area (Å²) in [7, 11) is 0. The number of rotatable bonds is 5. The van der Waals surface area contributed by atoms with Crippen molar-refractivity contribution in [2.75, 3.05) is 13.1 Å². The molecule has 29 heavy (non-hydrogen) atoms. The third-order valence-electron chi connectivity index (χ3n) is 4.64. The highest BCUT2D eigenvalue weighted by Gasteiger charge is 2.22. The minimum atomic E-state index is -0.527. The fraction of sp³-hybridized carbons (Fsp3) is 0.238. The average Bonchev–Trinajstić information content (AvgIpc) is 2.75. The van der Waals surface area contributed by atoms with E-state index < -0.39 is 10.8 Å². The monoisotopic (exact) mass is 457 g/mol. The number of non-ortho nitro benzene ring substituents is 1. The van der Waals surface area contributed by atoms with Gasteiger partial charge in [0.05, 0.1) is 4.92 Å². The van der Waals surface area contributed by atoms with E-state index in [0.717, 1.165) is 29.3 Å². The van der Waals surface area contributed by atoms with Gasteiger partial charge in [0.2, 0.25) is 0 Å². The second-order valence-corrected chi connectivity index (χ2v) is 7.64. The Bertz CT molecular complexity index is 933. The summed E-state index contributed by atoms with van der Waals surface area (Å²) in [4.78, 5) is 37.7. The van der Waals surface area contributed by atoms with Crippen molar-refractivity contribution in [3.63, 3.8) is 0 Å². The number of carbonyl (C=O) groups is 2. The molecule has 0 aliphatic carbocycles. The molecule has 1 N–H and O–H groups in total. The Kier molecular flexibility index (Phi) is 6.77. The molecule has 0 spiro atoms. The van der Waals surface area contributed by atoms with E-state index in [9.17, 15) is 19.7 Å². The predicted molar refractivity (Wildman–Crippen MR) is 113 cm³/mol. The van der Waals surface area contributed by atoms with Crippen LogP contribution in [0.2, 0.25) is 0 Å². The van der Waals surface area contributed by atoms with Crippen LogP contribution in [-0.2, 0) is 4.79 Å². The van der Waals surface area contributed by atoms with Gasteiger partial charge in [-0.05, 0) is 55.2 Å². The molecule has 8 heteroatoms. The number of likely N-dealkylation sites (tertiary alicyclic amines) is 1. The van der Waals surface area contributed by atoms with Crippen molar-refractivity contribution in [2.45, 2.75) is 19.3 Å². The van der Waals surface area contributed by atoms with Crippen LogP contribution in [0.25, 0.3) is 6.08 Å². The van der Waals surface area contributed by atoms with E-state index >= 15 is 0 Å². The van der Waals surface area contributed by atoms with Gasteiger partial charge in [-0.25, -0.2) is 0 Å². The predicted octanol–water partition coefficient (Wildman–Crippen LogP) is 4.14. The van der Waals surface area contributed by atoms with E-state index in [1.165, 1.54) is 24.3 Å². The number of nitrogens with one attached hydrogen (secondary N) is 1. The largest absolute Gasteiger partial charge is 0.337 e. The number of nitro groups is 1. The van der Waals surface area contributed by atoms with Crippen LogP contribution in [-0.4, -0.2) is 34.7 Å². The second-order valence-electron chi connectivity index (χ2n) is 6.72. The standard InChI is InChI=1S/C21H20BrN3O4/c22-17-8-4-15(5-9-17)14-19(21(27)24-12-2-1-3-13-24)23-20(26)16-6-10-18(11-7-16)25(28)29/h4-11,14H,1-3,12-13H2,(H,23,26)/b19-14-. The molecule has 1 saturated heterocycles. The van der Waals surface area contributed by atoms with Gasteiger partial charge >= 0.3 is 0 Å². The summed E-state index contributed by atoms with van der Waals surface area (Å²) in [5, 5.41) is 13.5. The molecule has 1 fully saturated rings. The molecule has 150 valence electrons. The molecule has 1 aliphatic rings. The van der Waals surface area contributed by atoms with Crippen LogP contribution in [0.1, 0.15) is 35.2 Å². The van der Waals surface area contributed by atoms with Crippen molar-refractivity contribution >= 4 is 39.5 Å². The van der Waals surface area contributed by atoms with Crippen LogP contribution in [0.3, 0.4) is 0 Å². The zero-order chi connectivity index (χ0) is 20.8. The van der Waals surface area contributed by atoms with E-state index in [-0.39, 0.29) is 22.9 Å². The average molecular weight is 458 g/mol. The van der Waals surface area contributed by atoms with Crippen LogP contribution in [0.5, 0.6) is 0 Å². The third kappa shape index (κ3) is 5.51. The number of nitro benzene ring substituents is 1. The lowest BCUT2D eigenvalue weighted by atomic mass is 10.1. The number of hydrogen-bond donors (Lipinski definition) is 1.